The molecule has 2 heterocycles. The van der Waals surface area contributed by atoms with Gasteiger partial charge in [-0.3, -0.25) is 0 Å². The summed E-state index contributed by atoms with van der Waals surface area (Å²) in [6, 6.07) is 6.81. The molecule has 3 rings (SSSR count). The smallest absolute Gasteiger partial charge is 0.0568 e. The van der Waals surface area contributed by atoms with Crippen LogP contribution in [0.1, 0.15) is 19.3 Å². The van der Waals surface area contributed by atoms with Crippen molar-refractivity contribution in [3.63, 3.8) is 0 Å². The van der Waals surface area contributed by atoms with Crippen molar-refractivity contribution in [1.29, 1.82) is 0 Å². The summed E-state index contributed by atoms with van der Waals surface area (Å²) in [6.07, 6.45) is 3.94. The van der Waals surface area contributed by atoms with E-state index in [1.54, 1.807) is 0 Å². The van der Waals surface area contributed by atoms with Crippen molar-refractivity contribution >= 4 is 17.1 Å². The molecule has 0 aromatic heterocycles. The number of rotatable bonds is 1. The monoisotopic (exact) mass is 260 g/mol. The van der Waals surface area contributed by atoms with Crippen LogP contribution < -0.4 is 16.4 Å². The summed E-state index contributed by atoms with van der Waals surface area (Å²) < 4.78 is 0. The summed E-state index contributed by atoms with van der Waals surface area (Å²) in [4.78, 5) is 5.01. The molecule has 19 heavy (non-hydrogen) atoms. The van der Waals surface area contributed by atoms with Crippen LogP contribution >= 0.6 is 0 Å². The van der Waals surface area contributed by atoms with Gasteiger partial charge < -0.3 is 21.3 Å². The number of nitrogen functional groups attached to an aromatic ring is 2. The van der Waals surface area contributed by atoms with Crippen molar-refractivity contribution in [2.45, 2.75) is 25.3 Å². The molecule has 2 saturated heterocycles. The summed E-state index contributed by atoms with van der Waals surface area (Å²) in [6.45, 7) is 3.53. The zero-order chi connectivity index (χ0) is 13.4. The molecule has 4 N–H and O–H groups in total. The number of nitrogens with two attached hydrogens (primary N) is 2. The predicted molar refractivity (Wildman–Crippen MR) is 81.2 cm³/mol. The Labute approximate surface area is 115 Å². The average Bonchev–Trinajstić information content (AvgIpc) is 2.42. The molecule has 4 heteroatoms. The molecule has 2 aliphatic heterocycles. The minimum Gasteiger partial charge on any atom is -0.397 e. The standard InChI is InChI=1S/C15H24N4/c1-18-7-2-3-11-10-19(8-6-15(11)18)12-4-5-13(16)14(17)9-12/h4-5,9,11,15H,2-3,6-8,10,16-17H2,1H3. The first-order valence-electron chi connectivity index (χ1n) is 7.25. The fraction of sp³-hybridized carbons (Fsp3) is 0.600. The highest BCUT2D eigenvalue weighted by atomic mass is 15.2. The van der Waals surface area contributed by atoms with Gasteiger partial charge in [-0.2, -0.15) is 0 Å². The largest absolute Gasteiger partial charge is 0.397 e. The number of hydrogen-bond donors (Lipinski definition) is 2. The highest BCUT2D eigenvalue weighted by molar-refractivity contribution is 5.69. The Hall–Kier alpha value is -1.42. The van der Waals surface area contributed by atoms with Crippen LogP contribution in [-0.2, 0) is 0 Å². The van der Waals surface area contributed by atoms with Crippen LogP contribution in [0, 0.1) is 5.92 Å². The molecule has 0 radical (unpaired) electrons. The SMILES string of the molecule is CN1CCCC2CN(c3ccc(N)c(N)c3)CCC21. The van der Waals surface area contributed by atoms with Crippen molar-refractivity contribution in [2.75, 3.05) is 43.0 Å². The van der Waals surface area contributed by atoms with E-state index in [4.69, 9.17) is 11.5 Å². The summed E-state index contributed by atoms with van der Waals surface area (Å²) in [7, 11) is 2.27. The van der Waals surface area contributed by atoms with E-state index in [2.05, 4.69) is 22.9 Å². The Morgan fingerprint density at radius 2 is 1.95 bits per heavy atom. The molecule has 0 amide bonds. The Kier molecular flexibility index (Phi) is 3.27. The first-order chi connectivity index (χ1) is 9.15. The number of likely N-dealkylation sites (tertiary alicyclic amines) is 1. The Balaban J connectivity index is 1.75. The second-order valence-electron chi connectivity index (χ2n) is 6.00. The molecule has 1 aromatic rings. The van der Waals surface area contributed by atoms with Crippen LogP contribution in [0.4, 0.5) is 17.1 Å². The van der Waals surface area contributed by atoms with Crippen molar-refractivity contribution in [1.82, 2.24) is 4.90 Å². The Bertz CT molecular complexity index is 459. The van der Waals surface area contributed by atoms with Crippen LogP contribution in [0.25, 0.3) is 0 Å². The maximum absolute atomic E-state index is 5.92. The third-order valence-electron chi connectivity index (χ3n) is 4.78. The molecule has 2 fully saturated rings. The van der Waals surface area contributed by atoms with Gasteiger partial charge in [-0.1, -0.05) is 0 Å². The number of piperidine rings is 2. The minimum atomic E-state index is 0.677. The van der Waals surface area contributed by atoms with E-state index in [-0.39, 0.29) is 0 Å². The van der Waals surface area contributed by atoms with Crippen molar-refractivity contribution in [3.8, 4) is 0 Å². The molecule has 4 nitrogen and oxygen atoms in total. The van der Waals surface area contributed by atoms with Gasteiger partial charge in [0.15, 0.2) is 0 Å². The van der Waals surface area contributed by atoms with E-state index in [0.717, 1.165) is 25.0 Å². The molecule has 2 unspecified atom stereocenters. The van der Waals surface area contributed by atoms with Crippen molar-refractivity contribution in [2.24, 2.45) is 5.92 Å². The average molecular weight is 260 g/mol. The lowest BCUT2D eigenvalue weighted by molar-refractivity contribution is 0.102. The van der Waals surface area contributed by atoms with Gasteiger partial charge in [0.25, 0.3) is 0 Å². The third kappa shape index (κ3) is 2.37. The number of anilines is 3. The molecule has 0 saturated carbocycles. The highest BCUT2D eigenvalue weighted by Crippen LogP contribution is 2.33. The predicted octanol–water partition coefficient (Wildman–Crippen LogP) is 1.77. The summed E-state index contributed by atoms with van der Waals surface area (Å²) >= 11 is 0. The Morgan fingerprint density at radius 1 is 1.11 bits per heavy atom. The van der Waals surface area contributed by atoms with Crippen LogP contribution in [0.5, 0.6) is 0 Å². The lowest BCUT2D eigenvalue weighted by atomic mass is 9.84. The maximum atomic E-state index is 5.92. The molecule has 104 valence electrons. The van der Waals surface area contributed by atoms with Crippen LogP contribution in [-0.4, -0.2) is 37.6 Å². The van der Waals surface area contributed by atoms with Gasteiger partial charge in [0.1, 0.15) is 0 Å². The van der Waals surface area contributed by atoms with Gasteiger partial charge >= 0.3 is 0 Å². The molecule has 2 aliphatic rings. The quantitative estimate of drug-likeness (QED) is 0.756. The lowest BCUT2D eigenvalue weighted by Crippen LogP contribution is -2.52. The highest BCUT2D eigenvalue weighted by Gasteiger charge is 2.34. The summed E-state index contributed by atoms with van der Waals surface area (Å²) in [5.74, 6) is 0.797. The number of benzene rings is 1. The van der Waals surface area contributed by atoms with E-state index in [9.17, 15) is 0 Å². The topological polar surface area (TPSA) is 58.5 Å². The van der Waals surface area contributed by atoms with Crippen LogP contribution in [0.15, 0.2) is 18.2 Å². The first-order valence-corrected chi connectivity index (χ1v) is 7.25. The van der Waals surface area contributed by atoms with E-state index in [0.29, 0.717) is 11.4 Å². The zero-order valence-corrected chi connectivity index (χ0v) is 11.7. The van der Waals surface area contributed by atoms with E-state index >= 15 is 0 Å². The second-order valence-corrected chi connectivity index (χ2v) is 6.00. The fourth-order valence-corrected chi connectivity index (χ4v) is 3.65. The fourth-order valence-electron chi connectivity index (χ4n) is 3.65. The van der Waals surface area contributed by atoms with Gasteiger partial charge in [-0.25, -0.2) is 0 Å². The number of fused-ring (bicyclic) bond motifs is 1. The van der Waals surface area contributed by atoms with Gasteiger partial charge in [0.05, 0.1) is 11.4 Å². The van der Waals surface area contributed by atoms with Gasteiger partial charge in [0.2, 0.25) is 0 Å². The van der Waals surface area contributed by atoms with E-state index in [1.807, 2.05) is 12.1 Å². The van der Waals surface area contributed by atoms with E-state index in [1.165, 1.54) is 31.5 Å². The van der Waals surface area contributed by atoms with Crippen LogP contribution in [0.3, 0.4) is 0 Å². The number of hydrogen-bond acceptors (Lipinski definition) is 4. The van der Waals surface area contributed by atoms with Crippen molar-refractivity contribution < 1.29 is 0 Å². The zero-order valence-electron chi connectivity index (χ0n) is 11.7. The van der Waals surface area contributed by atoms with E-state index < -0.39 is 0 Å². The second kappa shape index (κ2) is 4.93. The molecule has 0 aliphatic carbocycles. The molecule has 1 aromatic carbocycles. The van der Waals surface area contributed by atoms with Gasteiger partial charge in [-0.15, -0.1) is 0 Å². The number of nitrogens with zero attached hydrogens (tertiary/aromatic N) is 2. The molecular weight excluding hydrogens is 236 g/mol. The molecule has 0 bridgehead atoms. The molecular formula is C15H24N4. The Morgan fingerprint density at radius 3 is 2.74 bits per heavy atom. The van der Waals surface area contributed by atoms with Crippen LogP contribution in [0.2, 0.25) is 0 Å². The normalized spacial score (nSPS) is 28.2. The molecule has 0 spiro atoms. The van der Waals surface area contributed by atoms with Gasteiger partial charge in [0, 0.05) is 24.8 Å². The molecule has 2 atom stereocenters. The summed E-state index contributed by atoms with van der Waals surface area (Å²) in [5.41, 5.74) is 14.3. The minimum absolute atomic E-state index is 0.677. The first kappa shape index (κ1) is 12.6. The van der Waals surface area contributed by atoms with Gasteiger partial charge in [-0.05, 0) is 57.0 Å². The maximum Gasteiger partial charge on any atom is 0.0568 e. The summed E-state index contributed by atoms with van der Waals surface area (Å²) in [5, 5.41) is 0. The van der Waals surface area contributed by atoms with Crippen molar-refractivity contribution in [3.05, 3.63) is 18.2 Å². The lowest BCUT2D eigenvalue weighted by Gasteiger charge is -2.46. The third-order valence-corrected chi connectivity index (χ3v) is 4.78.